The molecule has 0 radical (unpaired) electrons. The van der Waals surface area contributed by atoms with Gasteiger partial charge in [0.15, 0.2) is 11.5 Å². The molecule has 0 spiro atoms. The Morgan fingerprint density at radius 3 is 3.07 bits per heavy atom. The molecule has 9 heteroatoms. The van der Waals surface area contributed by atoms with Crippen LogP contribution in [0.2, 0.25) is 0 Å². The van der Waals surface area contributed by atoms with Gasteiger partial charge < -0.3 is 10.2 Å². The fraction of sp³-hybridized carbons (Fsp3) is 0.421. The SMILES string of the molecule is O=C(NC[C@]12CCC[C@H]1CN(c1ccc3nnnn3n1)C2)c1ccccc1F. The van der Waals surface area contributed by atoms with Crippen LogP contribution in [0.5, 0.6) is 0 Å². The Balaban J connectivity index is 1.33. The number of rotatable bonds is 4. The van der Waals surface area contributed by atoms with Gasteiger partial charge in [0.25, 0.3) is 5.91 Å². The number of carbonyl (C=O) groups excluding carboxylic acids is 1. The van der Waals surface area contributed by atoms with Gasteiger partial charge in [-0.05, 0) is 53.5 Å². The van der Waals surface area contributed by atoms with Gasteiger partial charge in [-0.15, -0.1) is 14.8 Å². The minimum atomic E-state index is -0.493. The van der Waals surface area contributed by atoms with E-state index in [9.17, 15) is 9.18 Å². The normalized spacial score (nSPS) is 23.9. The highest BCUT2D eigenvalue weighted by Gasteiger charge is 2.49. The molecule has 3 aromatic rings. The molecule has 1 aliphatic heterocycles. The van der Waals surface area contributed by atoms with Crippen molar-refractivity contribution in [1.82, 2.24) is 30.6 Å². The summed E-state index contributed by atoms with van der Waals surface area (Å²) in [5.74, 6) is 0.450. The van der Waals surface area contributed by atoms with Gasteiger partial charge in [0, 0.05) is 25.0 Å². The van der Waals surface area contributed by atoms with E-state index < -0.39 is 5.82 Å². The molecule has 0 bridgehead atoms. The van der Waals surface area contributed by atoms with Crippen LogP contribution in [0.1, 0.15) is 29.6 Å². The van der Waals surface area contributed by atoms with Gasteiger partial charge in [0.1, 0.15) is 5.82 Å². The molecule has 2 atom stereocenters. The largest absolute Gasteiger partial charge is 0.354 e. The van der Waals surface area contributed by atoms with Gasteiger partial charge in [-0.25, -0.2) is 4.39 Å². The number of nitrogens with one attached hydrogen (secondary N) is 1. The van der Waals surface area contributed by atoms with Crippen LogP contribution in [0.3, 0.4) is 0 Å². The summed E-state index contributed by atoms with van der Waals surface area (Å²) in [5, 5.41) is 18.9. The van der Waals surface area contributed by atoms with Gasteiger partial charge in [-0.1, -0.05) is 18.6 Å². The topological polar surface area (TPSA) is 88.3 Å². The second kappa shape index (κ2) is 6.50. The minimum Gasteiger partial charge on any atom is -0.354 e. The van der Waals surface area contributed by atoms with Crippen molar-refractivity contribution in [3.63, 3.8) is 0 Å². The van der Waals surface area contributed by atoms with E-state index in [1.54, 1.807) is 12.1 Å². The number of hydrogen-bond donors (Lipinski definition) is 1. The summed E-state index contributed by atoms with van der Waals surface area (Å²) in [4.78, 5) is 14.7. The molecule has 2 aromatic heterocycles. The van der Waals surface area contributed by atoms with Crippen LogP contribution in [0.25, 0.3) is 5.65 Å². The van der Waals surface area contributed by atoms with Gasteiger partial charge in [0.2, 0.25) is 0 Å². The Morgan fingerprint density at radius 1 is 1.29 bits per heavy atom. The zero-order chi connectivity index (χ0) is 19.1. The van der Waals surface area contributed by atoms with Crippen LogP contribution >= 0.6 is 0 Å². The summed E-state index contributed by atoms with van der Waals surface area (Å²) in [5.41, 5.74) is 0.683. The number of benzene rings is 1. The Labute approximate surface area is 160 Å². The molecule has 2 fully saturated rings. The van der Waals surface area contributed by atoms with E-state index in [2.05, 4.69) is 30.8 Å². The van der Waals surface area contributed by atoms with Crippen LogP contribution in [0, 0.1) is 17.2 Å². The van der Waals surface area contributed by atoms with E-state index in [-0.39, 0.29) is 16.9 Å². The molecular formula is C19H20FN7O. The molecule has 1 N–H and O–H groups in total. The van der Waals surface area contributed by atoms with Crippen LogP contribution in [0.15, 0.2) is 36.4 Å². The molecule has 8 nitrogen and oxygen atoms in total. The lowest BCUT2D eigenvalue weighted by Crippen LogP contribution is -2.41. The third-order valence-corrected chi connectivity index (χ3v) is 6.14. The Morgan fingerprint density at radius 2 is 2.18 bits per heavy atom. The third kappa shape index (κ3) is 2.78. The highest BCUT2D eigenvalue weighted by Crippen LogP contribution is 2.49. The fourth-order valence-corrected chi connectivity index (χ4v) is 4.68. The van der Waals surface area contributed by atoms with E-state index in [1.807, 2.05) is 12.1 Å². The summed E-state index contributed by atoms with van der Waals surface area (Å²) in [7, 11) is 0. The summed E-state index contributed by atoms with van der Waals surface area (Å²) < 4.78 is 15.3. The first-order valence-electron chi connectivity index (χ1n) is 9.48. The minimum absolute atomic E-state index is 0.0157. The molecule has 1 aromatic carbocycles. The smallest absolute Gasteiger partial charge is 0.254 e. The van der Waals surface area contributed by atoms with Gasteiger partial charge >= 0.3 is 0 Å². The van der Waals surface area contributed by atoms with Crippen molar-refractivity contribution in [1.29, 1.82) is 0 Å². The maximum Gasteiger partial charge on any atom is 0.254 e. The van der Waals surface area contributed by atoms with Gasteiger partial charge in [0.05, 0.1) is 5.56 Å². The van der Waals surface area contributed by atoms with Crippen LogP contribution in [-0.4, -0.2) is 50.8 Å². The predicted octanol–water partition coefficient (Wildman–Crippen LogP) is 1.69. The van der Waals surface area contributed by atoms with Crippen molar-refractivity contribution in [3.8, 4) is 0 Å². The number of nitrogens with zero attached hydrogens (tertiary/aromatic N) is 6. The average molecular weight is 381 g/mol. The molecule has 0 unspecified atom stereocenters. The van der Waals surface area contributed by atoms with Crippen molar-refractivity contribution >= 4 is 17.4 Å². The molecule has 1 aliphatic carbocycles. The van der Waals surface area contributed by atoms with Crippen molar-refractivity contribution in [2.75, 3.05) is 24.5 Å². The summed E-state index contributed by atoms with van der Waals surface area (Å²) >= 11 is 0. The number of hydrogen-bond acceptors (Lipinski definition) is 6. The van der Waals surface area contributed by atoms with Crippen LogP contribution in [-0.2, 0) is 0 Å². The number of anilines is 1. The molecule has 5 rings (SSSR count). The molecule has 28 heavy (non-hydrogen) atoms. The van der Waals surface area contributed by atoms with E-state index in [1.165, 1.54) is 16.8 Å². The standard InChI is InChI=1S/C19H20FN7O/c20-15-6-2-1-5-14(15)18(28)21-11-19-9-3-4-13(19)10-26(12-19)17-8-7-16-22-24-25-27(16)23-17/h1-2,5-8,13H,3-4,9-12H2,(H,21,28)/t13-,19-/m0/s1. The van der Waals surface area contributed by atoms with E-state index in [0.717, 1.165) is 38.2 Å². The fourth-order valence-electron chi connectivity index (χ4n) is 4.68. The lowest BCUT2D eigenvalue weighted by Gasteiger charge is -2.29. The van der Waals surface area contributed by atoms with Crippen LogP contribution < -0.4 is 10.2 Å². The molecular weight excluding hydrogens is 361 g/mol. The monoisotopic (exact) mass is 381 g/mol. The Hall–Kier alpha value is -3.10. The molecule has 144 valence electrons. The van der Waals surface area contributed by atoms with Gasteiger partial charge in [-0.2, -0.15) is 0 Å². The summed E-state index contributed by atoms with van der Waals surface area (Å²) in [6, 6.07) is 9.86. The molecule has 1 saturated carbocycles. The zero-order valence-corrected chi connectivity index (χ0v) is 15.3. The lowest BCUT2D eigenvalue weighted by atomic mass is 9.80. The van der Waals surface area contributed by atoms with Crippen LogP contribution in [0.4, 0.5) is 10.2 Å². The molecule has 1 saturated heterocycles. The molecule has 3 heterocycles. The third-order valence-electron chi connectivity index (χ3n) is 6.14. The number of amides is 1. The number of aromatic nitrogens is 5. The maximum absolute atomic E-state index is 13.9. The van der Waals surface area contributed by atoms with E-state index >= 15 is 0 Å². The highest BCUT2D eigenvalue weighted by atomic mass is 19.1. The molecule has 1 amide bonds. The summed E-state index contributed by atoms with van der Waals surface area (Å²) in [6.07, 6.45) is 3.31. The van der Waals surface area contributed by atoms with Crippen molar-refractivity contribution < 1.29 is 9.18 Å². The second-order valence-electron chi connectivity index (χ2n) is 7.71. The highest BCUT2D eigenvalue weighted by molar-refractivity contribution is 5.94. The number of fused-ring (bicyclic) bond motifs is 2. The second-order valence-corrected chi connectivity index (χ2v) is 7.71. The maximum atomic E-state index is 13.9. The predicted molar refractivity (Wildman–Crippen MR) is 99.3 cm³/mol. The van der Waals surface area contributed by atoms with E-state index in [4.69, 9.17) is 0 Å². The first kappa shape index (κ1) is 17.0. The first-order chi connectivity index (χ1) is 13.6. The lowest BCUT2D eigenvalue weighted by molar-refractivity contribution is 0.0923. The van der Waals surface area contributed by atoms with Crippen molar-refractivity contribution in [3.05, 3.63) is 47.8 Å². The number of halogens is 1. The molecule has 2 aliphatic rings. The number of carbonyl (C=O) groups is 1. The Kier molecular flexibility index (Phi) is 3.96. The first-order valence-corrected chi connectivity index (χ1v) is 9.48. The van der Waals surface area contributed by atoms with E-state index in [0.29, 0.717) is 18.1 Å². The average Bonchev–Trinajstić information content (AvgIpc) is 3.39. The Bertz CT molecular complexity index is 1040. The number of tetrazole rings is 1. The van der Waals surface area contributed by atoms with Gasteiger partial charge in [-0.3, -0.25) is 4.79 Å². The summed E-state index contributed by atoms with van der Waals surface area (Å²) in [6.45, 7) is 2.22. The quantitative estimate of drug-likeness (QED) is 0.740. The van der Waals surface area contributed by atoms with Crippen molar-refractivity contribution in [2.45, 2.75) is 19.3 Å². The van der Waals surface area contributed by atoms with Crippen molar-refractivity contribution in [2.24, 2.45) is 11.3 Å². The zero-order valence-electron chi connectivity index (χ0n) is 15.3.